The van der Waals surface area contributed by atoms with Gasteiger partial charge in [0, 0.05) is 36.2 Å². The lowest BCUT2D eigenvalue weighted by Gasteiger charge is -2.12. The van der Waals surface area contributed by atoms with Crippen molar-refractivity contribution in [3.63, 3.8) is 0 Å². The highest BCUT2D eigenvalue weighted by Crippen LogP contribution is 2.21. The third-order valence-corrected chi connectivity index (χ3v) is 5.97. The Hall–Kier alpha value is -1.60. The minimum absolute atomic E-state index is 0.0749. The maximum Gasteiger partial charge on any atom is 0.251 e. The summed E-state index contributed by atoms with van der Waals surface area (Å²) in [7, 11) is -0.698. The number of hydrogen-bond acceptors (Lipinski definition) is 3. The van der Waals surface area contributed by atoms with Crippen LogP contribution >= 0.6 is 23.2 Å². The predicted octanol–water partition coefficient (Wildman–Crippen LogP) is 3.22. The molecule has 8 heteroatoms. The van der Waals surface area contributed by atoms with E-state index in [9.17, 15) is 13.2 Å². The Morgan fingerprint density at radius 1 is 1.12 bits per heavy atom. The molecule has 0 radical (unpaired) electrons. The molecule has 0 aliphatic rings. The van der Waals surface area contributed by atoms with Crippen molar-refractivity contribution in [3.05, 3.63) is 63.6 Å². The number of carbonyl (C=O) groups excluding carboxylic acids is 1. The van der Waals surface area contributed by atoms with E-state index >= 15 is 0 Å². The van der Waals surface area contributed by atoms with Gasteiger partial charge in [-0.2, -0.15) is 0 Å². The standard InChI is InChI=1S/C17H18Cl2N2O3S/c1-21(2)25(23,24)15-5-3-4-13(10-15)17(22)20-9-8-12-6-7-14(18)11-16(12)19/h3-7,10-11H,8-9H2,1-2H3,(H,20,22). The van der Waals surface area contributed by atoms with Crippen LogP contribution in [0.5, 0.6) is 0 Å². The molecule has 2 aromatic rings. The molecule has 0 saturated carbocycles. The molecular formula is C17H18Cl2N2O3S. The summed E-state index contributed by atoms with van der Waals surface area (Å²) < 4.78 is 25.4. The van der Waals surface area contributed by atoms with Gasteiger partial charge < -0.3 is 5.32 Å². The van der Waals surface area contributed by atoms with Crippen LogP contribution in [0.4, 0.5) is 0 Å². The fourth-order valence-electron chi connectivity index (χ4n) is 2.15. The number of hydrogen-bond donors (Lipinski definition) is 1. The molecule has 0 atom stereocenters. The van der Waals surface area contributed by atoms with Crippen molar-refractivity contribution in [2.75, 3.05) is 20.6 Å². The number of rotatable bonds is 6. The Bertz CT molecular complexity index is 883. The molecule has 134 valence electrons. The van der Waals surface area contributed by atoms with Gasteiger partial charge in [-0.05, 0) is 42.3 Å². The van der Waals surface area contributed by atoms with Crippen LogP contribution in [0.15, 0.2) is 47.4 Å². The quantitative estimate of drug-likeness (QED) is 0.809. The second kappa shape index (κ2) is 8.19. The molecule has 25 heavy (non-hydrogen) atoms. The van der Waals surface area contributed by atoms with Crippen molar-refractivity contribution in [1.29, 1.82) is 0 Å². The number of nitrogens with one attached hydrogen (secondary N) is 1. The molecule has 1 N–H and O–H groups in total. The van der Waals surface area contributed by atoms with Crippen LogP contribution in [0, 0.1) is 0 Å². The lowest BCUT2D eigenvalue weighted by Crippen LogP contribution is -2.26. The van der Waals surface area contributed by atoms with Gasteiger partial charge in [0.2, 0.25) is 10.0 Å². The Labute approximate surface area is 157 Å². The smallest absolute Gasteiger partial charge is 0.251 e. The zero-order valence-corrected chi connectivity index (χ0v) is 16.1. The van der Waals surface area contributed by atoms with Crippen molar-refractivity contribution in [3.8, 4) is 0 Å². The highest BCUT2D eigenvalue weighted by molar-refractivity contribution is 7.89. The highest BCUT2D eigenvalue weighted by Gasteiger charge is 2.18. The van der Waals surface area contributed by atoms with Crippen molar-refractivity contribution >= 4 is 39.1 Å². The third kappa shape index (κ3) is 4.95. The summed E-state index contributed by atoms with van der Waals surface area (Å²) >= 11 is 11.9. The summed E-state index contributed by atoms with van der Waals surface area (Å²) in [6.45, 7) is 0.366. The van der Waals surface area contributed by atoms with Crippen LogP contribution in [-0.2, 0) is 16.4 Å². The average molecular weight is 401 g/mol. The second-order valence-electron chi connectivity index (χ2n) is 5.56. The molecule has 2 aromatic carbocycles. The fraction of sp³-hybridized carbons (Fsp3) is 0.235. The van der Waals surface area contributed by atoms with Crippen LogP contribution in [-0.4, -0.2) is 39.3 Å². The van der Waals surface area contributed by atoms with Gasteiger partial charge in [0.25, 0.3) is 5.91 Å². The topological polar surface area (TPSA) is 66.5 Å². The minimum atomic E-state index is -3.58. The fourth-order valence-corrected chi connectivity index (χ4v) is 3.60. The summed E-state index contributed by atoms with van der Waals surface area (Å²) in [5, 5.41) is 3.85. The SMILES string of the molecule is CN(C)S(=O)(=O)c1cccc(C(=O)NCCc2ccc(Cl)cc2Cl)c1. The molecule has 1 amide bonds. The second-order valence-corrected chi connectivity index (χ2v) is 8.55. The average Bonchev–Trinajstić information content (AvgIpc) is 2.56. The number of benzene rings is 2. The van der Waals surface area contributed by atoms with E-state index in [1.54, 1.807) is 30.3 Å². The van der Waals surface area contributed by atoms with Gasteiger partial charge in [0.05, 0.1) is 4.90 Å². The van der Waals surface area contributed by atoms with Crippen molar-refractivity contribution in [2.24, 2.45) is 0 Å². The number of nitrogens with zero attached hydrogens (tertiary/aromatic N) is 1. The highest BCUT2D eigenvalue weighted by atomic mass is 35.5. The maximum absolute atomic E-state index is 12.2. The molecule has 0 aliphatic carbocycles. The van der Waals surface area contributed by atoms with E-state index in [0.29, 0.717) is 23.0 Å². The molecule has 2 rings (SSSR count). The van der Waals surface area contributed by atoms with E-state index in [1.165, 1.54) is 26.2 Å². The van der Waals surface area contributed by atoms with E-state index in [1.807, 2.05) is 0 Å². The van der Waals surface area contributed by atoms with Gasteiger partial charge in [-0.25, -0.2) is 12.7 Å². The van der Waals surface area contributed by atoms with Crippen molar-refractivity contribution < 1.29 is 13.2 Å². The molecule has 0 fully saturated rings. The molecule has 0 aliphatic heterocycles. The van der Waals surface area contributed by atoms with Crippen molar-refractivity contribution in [2.45, 2.75) is 11.3 Å². The van der Waals surface area contributed by atoms with Gasteiger partial charge in [-0.15, -0.1) is 0 Å². The third-order valence-electron chi connectivity index (χ3n) is 3.57. The molecule has 5 nitrogen and oxygen atoms in total. The first-order valence-corrected chi connectivity index (χ1v) is 9.66. The lowest BCUT2D eigenvalue weighted by molar-refractivity contribution is 0.0954. The molecule has 0 aromatic heterocycles. The molecular weight excluding hydrogens is 383 g/mol. The van der Waals surface area contributed by atoms with Crippen LogP contribution in [0.2, 0.25) is 10.0 Å². The summed E-state index contributed by atoms with van der Waals surface area (Å²) in [6, 6.07) is 11.1. The van der Waals surface area contributed by atoms with Gasteiger partial charge in [-0.3, -0.25) is 4.79 Å². The van der Waals surface area contributed by atoms with Crippen LogP contribution < -0.4 is 5.32 Å². The van der Waals surface area contributed by atoms with Crippen LogP contribution in [0.25, 0.3) is 0 Å². The van der Waals surface area contributed by atoms with Gasteiger partial charge in [0.15, 0.2) is 0 Å². The van der Waals surface area contributed by atoms with Crippen LogP contribution in [0.1, 0.15) is 15.9 Å². The first-order valence-electron chi connectivity index (χ1n) is 7.46. The zero-order valence-electron chi connectivity index (χ0n) is 13.8. The van der Waals surface area contributed by atoms with E-state index in [0.717, 1.165) is 9.87 Å². The predicted molar refractivity (Wildman–Crippen MR) is 99.8 cm³/mol. The van der Waals surface area contributed by atoms with E-state index in [4.69, 9.17) is 23.2 Å². The number of sulfonamides is 1. The monoisotopic (exact) mass is 400 g/mol. The van der Waals surface area contributed by atoms with E-state index in [2.05, 4.69) is 5.32 Å². The van der Waals surface area contributed by atoms with Gasteiger partial charge in [-0.1, -0.05) is 35.3 Å². The molecule has 0 unspecified atom stereocenters. The minimum Gasteiger partial charge on any atom is -0.352 e. The van der Waals surface area contributed by atoms with E-state index in [-0.39, 0.29) is 16.4 Å². The first-order chi connectivity index (χ1) is 11.7. The van der Waals surface area contributed by atoms with E-state index < -0.39 is 10.0 Å². The normalized spacial score (nSPS) is 11.6. The number of amides is 1. The summed E-state index contributed by atoms with van der Waals surface area (Å²) in [5.41, 5.74) is 1.15. The Morgan fingerprint density at radius 2 is 1.84 bits per heavy atom. The number of carbonyl (C=O) groups is 1. The lowest BCUT2D eigenvalue weighted by atomic mass is 10.1. The Kier molecular flexibility index (Phi) is 6.46. The summed E-state index contributed by atoms with van der Waals surface area (Å²) in [4.78, 5) is 12.3. The zero-order chi connectivity index (χ0) is 18.6. The number of halogens is 2. The Morgan fingerprint density at radius 3 is 2.48 bits per heavy atom. The van der Waals surface area contributed by atoms with Crippen molar-refractivity contribution in [1.82, 2.24) is 9.62 Å². The summed E-state index contributed by atoms with van der Waals surface area (Å²) in [5.74, 6) is -0.346. The van der Waals surface area contributed by atoms with Gasteiger partial charge >= 0.3 is 0 Å². The Balaban J connectivity index is 2.04. The molecule has 0 saturated heterocycles. The largest absolute Gasteiger partial charge is 0.352 e. The van der Waals surface area contributed by atoms with Crippen LogP contribution in [0.3, 0.4) is 0 Å². The first kappa shape index (κ1) is 19.7. The maximum atomic E-state index is 12.2. The molecule has 0 bridgehead atoms. The summed E-state index contributed by atoms with van der Waals surface area (Å²) in [6.07, 6.45) is 0.539. The molecule has 0 spiro atoms. The van der Waals surface area contributed by atoms with Gasteiger partial charge in [0.1, 0.15) is 0 Å². The molecule has 0 heterocycles.